The topological polar surface area (TPSA) is 85.7 Å². The van der Waals surface area contributed by atoms with Crippen molar-refractivity contribution in [2.45, 2.75) is 13.0 Å². The smallest absolute Gasteiger partial charge is 0.271 e. The molecule has 2 N–H and O–H groups in total. The van der Waals surface area contributed by atoms with E-state index >= 15 is 0 Å². The van der Waals surface area contributed by atoms with Crippen molar-refractivity contribution in [1.29, 1.82) is 0 Å². The minimum atomic E-state index is -0.453. The summed E-state index contributed by atoms with van der Waals surface area (Å²) in [7, 11) is 3.19. The highest BCUT2D eigenvalue weighted by Crippen LogP contribution is 2.29. The summed E-state index contributed by atoms with van der Waals surface area (Å²) in [5, 5.41) is 17.3. The van der Waals surface area contributed by atoms with Gasteiger partial charge in [-0.1, -0.05) is 6.07 Å². The number of rotatable bonds is 6. The Kier molecular flexibility index (Phi) is 6.13. The van der Waals surface area contributed by atoms with Crippen LogP contribution < -0.4 is 20.1 Å². The van der Waals surface area contributed by atoms with Gasteiger partial charge in [-0.2, -0.15) is 0 Å². The minimum absolute atomic E-state index is 0.00434. The molecule has 2 aromatic carbocycles. The van der Waals surface area contributed by atoms with Gasteiger partial charge in [0.2, 0.25) is 0 Å². The second kappa shape index (κ2) is 8.29. The molecule has 0 heterocycles. The van der Waals surface area contributed by atoms with Crippen LogP contribution in [0.4, 0.5) is 11.4 Å². The number of methoxy groups -OCH3 is 2. The predicted molar refractivity (Wildman–Crippen MR) is 100 cm³/mol. The molecule has 7 nitrogen and oxygen atoms in total. The molecule has 0 aliphatic carbocycles. The molecule has 0 aromatic heterocycles. The average molecular weight is 361 g/mol. The molecule has 0 fully saturated rings. The summed E-state index contributed by atoms with van der Waals surface area (Å²) < 4.78 is 10.6. The maximum Gasteiger partial charge on any atom is 0.271 e. The van der Waals surface area contributed by atoms with E-state index in [-0.39, 0.29) is 11.7 Å². The van der Waals surface area contributed by atoms with E-state index in [0.29, 0.717) is 22.3 Å². The molecule has 132 valence electrons. The van der Waals surface area contributed by atoms with Gasteiger partial charge >= 0.3 is 0 Å². The van der Waals surface area contributed by atoms with Crippen molar-refractivity contribution in [2.75, 3.05) is 19.5 Å². The maximum atomic E-state index is 10.8. The summed E-state index contributed by atoms with van der Waals surface area (Å²) in [6.45, 7) is 1.93. The molecule has 25 heavy (non-hydrogen) atoms. The first-order valence-electron chi connectivity index (χ1n) is 7.48. The lowest BCUT2D eigenvalue weighted by Crippen LogP contribution is -2.31. The number of thiocarbonyl (C=S) groups is 1. The van der Waals surface area contributed by atoms with Gasteiger partial charge in [-0.25, -0.2) is 0 Å². The molecule has 0 amide bonds. The largest absolute Gasteiger partial charge is 0.497 e. The third-order valence-corrected chi connectivity index (χ3v) is 3.79. The summed E-state index contributed by atoms with van der Waals surface area (Å²) in [4.78, 5) is 10.4. The zero-order valence-corrected chi connectivity index (χ0v) is 14.9. The number of hydrogen-bond donors (Lipinski definition) is 2. The van der Waals surface area contributed by atoms with E-state index in [2.05, 4.69) is 10.6 Å². The summed E-state index contributed by atoms with van der Waals surface area (Å²) in [5.74, 6) is 1.42. The molecule has 0 saturated heterocycles. The summed E-state index contributed by atoms with van der Waals surface area (Å²) in [5.41, 5.74) is 1.41. The van der Waals surface area contributed by atoms with Crippen LogP contribution in [-0.4, -0.2) is 24.3 Å². The fourth-order valence-corrected chi connectivity index (χ4v) is 2.61. The van der Waals surface area contributed by atoms with Crippen LogP contribution in [0.5, 0.6) is 11.5 Å². The molecular weight excluding hydrogens is 342 g/mol. The third kappa shape index (κ3) is 4.80. The van der Waals surface area contributed by atoms with Gasteiger partial charge in [-0.3, -0.25) is 10.1 Å². The fourth-order valence-electron chi connectivity index (χ4n) is 2.32. The van der Waals surface area contributed by atoms with Crippen molar-refractivity contribution in [3.8, 4) is 11.5 Å². The van der Waals surface area contributed by atoms with Crippen molar-refractivity contribution in [3.63, 3.8) is 0 Å². The number of ether oxygens (including phenoxy) is 2. The normalized spacial score (nSPS) is 11.3. The highest BCUT2D eigenvalue weighted by Gasteiger charge is 2.14. The zero-order valence-electron chi connectivity index (χ0n) is 14.1. The second-order valence-corrected chi connectivity index (χ2v) is 5.64. The highest BCUT2D eigenvalue weighted by molar-refractivity contribution is 7.80. The number of anilines is 1. The van der Waals surface area contributed by atoms with E-state index in [1.165, 1.54) is 12.1 Å². The molecule has 1 unspecified atom stereocenters. The summed E-state index contributed by atoms with van der Waals surface area (Å²) >= 11 is 5.30. The van der Waals surface area contributed by atoms with Crippen LogP contribution in [0.25, 0.3) is 0 Å². The van der Waals surface area contributed by atoms with Crippen LogP contribution >= 0.6 is 12.2 Å². The average Bonchev–Trinajstić information content (AvgIpc) is 2.61. The van der Waals surface area contributed by atoms with Gasteiger partial charge in [0.05, 0.1) is 25.2 Å². The van der Waals surface area contributed by atoms with Crippen LogP contribution in [0.1, 0.15) is 18.5 Å². The Morgan fingerprint density at radius 1 is 1.20 bits per heavy atom. The van der Waals surface area contributed by atoms with Crippen LogP contribution in [-0.2, 0) is 0 Å². The predicted octanol–water partition coefficient (Wildman–Crippen LogP) is 3.66. The molecule has 0 radical (unpaired) electrons. The lowest BCUT2D eigenvalue weighted by molar-refractivity contribution is -0.384. The van der Waals surface area contributed by atoms with Crippen LogP contribution in [0.2, 0.25) is 0 Å². The molecule has 0 aliphatic heterocycles. The van der Waals surface area contributed by atoms with Crippen LogP contribution in [0.3, 0.4) is 0 Å². The Morgan fingerprint density at radius 2 is 1.96 bits per heavy atom. The van der Waals surface area contributed by atoms with E-state index in [4.69, 9.17) is 21.7 Å². The number of nitro benzene ring substituents is 1. The van der Waals surface area contributed by atoms with E-state index in [9.17, 15) is 10.1 Å². The summed E-state index contributed by atoms with van der Waals surface area (Å²) in [6.07, 6.45) is 0. The standard InChI is InChI=1S/C17H19N3O4S/c1-11(15-10-14(23-2)7-8-16(15)24-3)18-17(25)19-12-5-4-6-13(9-12)20(21)22/h4-11H,1-3H3,(H2,18,19,25). The quantitative estimate of drug-likeness (QED) is 0.461. The monoisotopic (exact) mass is 361 g/mol. The van der Waals surface area contributed by atoms with Crippen molar-refractivity contribution < 1.29 is 14.4 Å². The lowest BCUT2D eigenvalue weighted by Gasteiger charge is -2.20. The molecule has 0 bridgehead atoms. The first-order valence-corrected chi connectivity index (χ1v) is 7.89. The fraction of sp³-hybridized carbons (Fsp3) is 0.235. The number of benzene rings is 2. The number of nitro groups is 1. The Bertz CT molecular complexity index is 782. The summed E-state index contributed by atoms with van der Waals surface area (Å²) in [6, 6.07) is 11.5. The molecule has 1 atom stereocenters. The third-order valence-electron chi connectivity index (χ3n) is 3.57. The molecule has 2 aromatic rings. The molecule has 0 aliphatic rings. The first kappa shape index (κ1) is 18.5. The highest BCUT2D eigenvalue weighted by atomic mass is 32.1. The first-order chi connectivity index (χ1) is 11.9. The Hall–Kier alpha value is -2.87. The molecular formula is C17H19N3O4S. The number of nitrogens with zero attached hydrogens (tertiary/aromatic N) is 1. The van der Waals surface area contributed by atoms with Crippen LogP contribution in [0, 0.1) is 10.1 Å². The van der Waals surface area contributed by atoms with E-state index in [1.54, 1.807) is 26.4 Å². The van der Waals surface area contributed by atoms with Crippen molar-refractivity contribution in [2.24, 2.45) is 0 Å². The van der Waals surface area contributed by atoms with Crippen molar-refractivity contribution >= 4 is 28.7 Å². The van der Waals surface area contributed by atoms with Gasteiger partial charge in [-0.15, -0.1) is 0 Å². The van der Waals surface area contributed by atoms with Gasteiger partial charge in [0.1, 0.15) is 11.5 Å². The number of nitrogens with one attached hydrogen (secondary N) is 2. The van der Waals surface area contributed by atoms with Crippen LogP contribution in [0.15, 0.2) is 42.5 Å². The van der Waals surface area contributed by atoms with Crippen molar-refractivity contribution in [3.05, 3.63) is 58.1 Å². The lowest BCUT2D eigenvalue weighted by atomic mass is 10.1. The Morgan fingerprint density at radius 3 is 2.60 bits per heavy atom. The maximum absolute atomic E-state index is 10.8. The second-order valence-electron chi connectivity index (χ2n) is 5.24. The van der Waals surface area contributed by atoms with E-state index in [0.717, 1.165) is 5.56 Å². The molecule has 8 heteroatoms. The SMILES string of the molecule is COc1ccc(OC)c(C(C)NC(=S)Nc2cccc([N+](=O)[O-])c2)c1. The van der Waals surface area contributed by atoms with E-state index in [1.807, 2.05) is 25.1 Å². The van der Waals surface area contributed by atoms with E-state index < -0.39 is 4.92 Å². The van der Waals surface area contributed by atoms with Gasteiger partial charge in [0.15, 0.2) is 5.11 Å². The Balaban J connectivity index is 2.10. The van der Waals surface area contributed by atoms with Gasteiger partial charge in [-0.05, 0) is 43.4 Å². The van der Waals surface area contributed by atoms with Gasteiger partial charge < -0.3 is 20.1 Å². The number of non-ortho nitro benzene ring substituents is 1. The van der Waals surface area contributed by atoms with Gasteiger partial charge in [0, 0.05) is 23.4 Å². The number of hydrogen-bond acceptors (Lipinski definition) is 5. The Labute approximate surface area is 151 Å². The molecule has 0 spiro atoms. The molecule has 0 saturated carbocycles. The zero-order chi connectivity index (χ0) is 18.4. The van der Waals surface area contributed by atoms with Gasteiger partial charge in [0.25, 0.3) is 5.69 Å². The van der Waals surface area contributed by atoms with Crippen molar-refractivity contribution in [1.82, 2.24) is 5.32 Å². The molecule has 2 rings (SSSR count). The minimum Gasteiger partial charge on any atom is -0.497 e.